The van der Waals surface area contributed by atoms with E-state index in [4.69, 9.17) is 0 Å². The number of hydrogen-bond donors (Lipinski definition) is 0. The van der Waals surface area contributed by atoms with Gasteiger partial charge < -0.3 is 0 Å². The molecule has 70 valence electrons. The van der Waals surface area contributed by atoms with E-state index in [1.165, 1.54) is 0 Å². The van der Waals surface area contributed by atoms with E-state index < -0.39 is 21.2 Å². The van der Waals surface area contributed by atoms with E-state index in [-0.39, 0.29) is 0 Å². The number of hydrogen-bond acceptors (Lipinski definition) is 0. The van der Waals surface area contributed by atoms with E-state index >= 15 is 0 Å². The van der Waals surface area contributed by atoms with Crippen LogP contribution in [0.25, 0.3) is 0 Å². The molecule has 0 aromatic rings. The predicted octanol–water partition coefficient (Wildman–Crippen LogP) is 4.53. The van der Waals surface area contributed by atoms with Gasteiger partial charge in [-0.3, -0.25) is 0 Å². The van der Waals surface area contributed by atoms with Crippen LogP contribution in [-0.2, 0) is 0 Å². The van der Waals surface area contributed by atoms with Crippen molar-refractivity contribution in [1.82, 2.24) is 0 Å². The summed E-state index contributed by atoms with van der Waals surface area (Å²) in [5, 5.41) is 0. The molecule has 0 aliphatic rings. The van der Waals surface area contributed by atoms with Crippen LogP contribution in [0.4, 0.5) is 0 Å². The molecule has 11 heavy (non-hydrogen) atoms. The summed E-state index contributed by atoms with van der Waals surface area (Å²) < 4.78 is 6.26. The summed E-state index contributed by atoms with van der Waals surface area (Å²) in [6, 6.07) is 0. The molecule has 0 spiro atoms. The zero-order valence-electron chi connectivity index (χ0n) is 8.71. The Labute approximate surface area is 85.9 Å². The maximum absolute atomic E-state index is 2.94. The molecule has 0 aliphatic heterocycles. The van der Waals surface area contributed by atoms with Crippen molar-refractivity contribution >= 4 is 37.1 Å². The fraction of sp³-hybridized carbons (Fsp3) is 1.00. The monoisotopic (exact) mass is 418 g/mol. The van der Waals surface area contributed by atoms with Crippen molar-refractivity contribution in [3.05, 3.63) is 0 Å². The molecule has 0 bridgehead atoms. The van der Waals surface area contributed by atoms with Gasteiger partial charge in [0.25, 0.3) is 0 Å². The first kappa shape index (κ1) is 14.9. The van der Waals surface area contributed by atoms with Gasteiger partial charge >= 0.3 is 64.8 Å². The summed E-state index contributed by atoms with van der Waals surface area (Å²) in [5.41, 5.74) is 0. The Morgan fingerprint density at radius 1 is 0.727 bits per heavy atom. The third kappa shape index (κ3) is 5.61. The molecule has 0 aliphatic carbocycles. The molecular formula is C9H23BrPb. The first-order chi connectivity index (χ1) is 5.24. The van der Waals surface area contributed by atoms with Gasteiger partial charge in [0.05, 0.1) is 0 Å². The van der Waals surface area contributed by atoms with Crippen LogP contribution in [0, 0.1) is 0 Å². The van der Waals surface area contributed by atoms with Crippen LogP contribution in [0.5, 0.6) is 0 Å². The van der Waals surface area contributed by atoms with E-state index in [2.05, 4.69) is 43.6 Å². The third-order valence-corrected chi connectivity index (χ3v) is 26.3. The predicted molar refractivity (Wildman–Crippen MR) is 62.5 cm³/mol. The molecule has 0 unspecified atom stereocenters. The maximum atomic E-state index is 2.94. The Balaban J connectivity index is 0. The van der Waals surface area contributed by atoms with Crippen LogP contribution in [-0.4, -0.2) is 27.0 Å². The normalized spacial score (nSPS) is 10.4. The summed E-state index contributed by atoms with van der Waals surface area (Å²) in [6.45, 7) is 9.60. The summed E-state index contributed by atoms with van der Waals surface area (Å²) >= 11 is 1.43. The van der Waals surface area contributed by atoms with E-state index in [1.54, 1.807) is 15.9 Å². The molecule has 0 aromatic carbocycles. The van der Waals surface area contributed by atoms with Crippen molar-refractivity contribution in [2.24, 2.45) is 0 Å². The molecule has 0 nitrogen and oxygen atoms in total. The molecule has 0 aromatic heterocycles. The van der Waals surface area contributed by atoms with Crippen LogP contribution >= 0.6 is 15.9 Å². The zero-order chi connectivity index (χ0) is 9.33. The first-order valence-electron chi connectivity index (χ1n) is 4.62. The molecule has 0 saturated heterocycles. The summed E-state index contributed by atoms with van der Waals surface area (Å²) in [4.78, 5) is 0. The topological polar surface area (TPSA) is 0 Å². The van der Waals surface area contributed by atoms with Crippen LogP contribution in [0.3, 0.4) is 0 Å². The SMILES string of the molecule is CBr.C[CH2][Pb]([CH2]C)([CH2]C)[CH2]C. The molecule has 0 atom stereocenters. The van der Waals surface area contributed by atoms with Crippen LogP contribution in [0.2, 0.25) is 15.9 Å². The van der Waals surface area contributed by atoms with Crippen LogP contribution in [0.1, 0.15) is 27.7 Å². The van der Waals surface area contributed by atoms with Gasteiger partial charge in [0.15, 0.2) is 0 Å². The van der Waals surface area contributed by atoms with Gasteiger partial charge in [-0.25, -0.2) is 0 Å². The number of alkyl halides is 1. The second kappa shape index (κ2) is 9.49. The van der Waals surface area contributed by atoms with E-state index in [9.17, 15) is 0 Å². The zero-order valence-corrected chi connectivity index (χ0v) is 14.2. The van der Waals surface area contributed by atoms with Crippen LogP contribution in [0.15, 0.2) is 0 Å². The van der Waals surface area contributed by atoms with Crippen molar-refractivity contribution in [2.75, 3.05) is 5.83 Å². The second-order valence-corrected chi connectivity index (χ2v) is 25.6. The van der Waals surface area contributed by atoms with Gasteiger partial charge in [-0.05, 0) is 5.83 Å². The number of halogens is 1. The average molecular weight is 418 g/mol. The second-order valence-electron chi connectivity index (χ2n) is 2.91. The Morgan fingerprint density at radius 3 is 0.909 bits per heavy atom. The third-order valence-electron chi connectivity index (χ3n) is 3.00. The van der Waals surface area contributed by atoms with Crippen molar-refractivity contribution in [2.45, 2.75) is 43.6 Å². The van der Waals surface area contributed by atoms with Crippen molar-refractivity contribution < 1.29 is 0 Å². The molecular weight excluding hydrogens is 395 g/mol. The summed E-state index contributed by atoms with van der Waals surface area (Å²) in [6.07, 6.45) is 0. The van der Waals surface area contributed by atoms with Gasteiger partial charge in [0.2, 0.25) is 0 Å². The standard InChI is InChI=1S/4C2H5.CH3Br.Pb/c5*1-2;/h4*1H2,2H3;1H3;. The van der Waals surface area contributed by atoms with Gasteiger partial charge in [-0.1, -0.05) is 15.9 Å². The van der Waals surface area contributed by atoms with Crippen LogP contribution < -0.4 is 0 Å². The van der Waals surface area contributed by atoms with Crippen molar-refractivity contribution in [3.63, 3.8) is 0 Å². The molecule has 0 radical (unpaired) electrons. The van der Waals surface area contributed by atoms with E-state index in [0.29, 0.717) is 0 Å². The number of rotatable bonds is 4. The van der Waals surface area contributed by atoms with Gasteiger partial charge in [-0.2, -0.15) is 0 Å². The molecule has 0 N–H and O–H groups in total. The van der Waals surface area contributed by atoms with E-state index in [1.807, 2.05) is 5.83 Å². The van der Waals surface area contributed by atoms with Crippen molar-refractivity contribution in [1.29, 1.82) is 0 Å². The Bertz CT molecular complexity index is 52.5. The van der Waals surface area contributed by atoms with Gasteiger partial charge in [0, 0.05) is 0 Å². The van der Waals surface area contributed by atoms with Gasteiger partial charge in [0.1, 0.15) is 0 Å². The Hall–Kier alpha value is 1.40. The molecule has 0 fully saturated rings. The van der Waals surface area contributed by atoms with Crippen molar-refractivity contribution in [3.8, 4) is 0 Å². The molecule has 0 rings (SSSR count). The summed E-state index contributed by atoms with van der Waals surface area (Å²) in [7, 11) is 0. The molecule has 2 heteroatoms. The Morgan fingerprint density at radius 2 is 0.909 bits per heavy atom. The summed E-state index contributed by atoms with van der Waals surface area (Å²) in [5.74, 6) is 1.81. The molecule has 0 heterocycles. The Kier molecular flexibility index (Phi) is 12.9. The quantitative estimate of drug-likeness (QED) is 0.465. The van der Waals surface area contributed by atoms with Gasteiger partial charge in [-0.15, -0.1) is 0 Å². The first-order valence-corrected chi connectivity index (χ1v) is 17.2. The average Bonchev–Trinajstić information content (AvgIpc) is 2.13. The minimum atomic E-state index is -1.51. The fourth-order valence-corrected chi connectivity index (χ4v) is 13.2. The minimum absolute atomic E-state index is 1.51. The van der Waals surface area contributed by atoms with E-state index in [0.717, 1.165) is 0 Å². The fourth-order valence-electron chi connectivity index (χ4n) is 1.50. The molecule has 0 amide bonds. The molecule has 0 saturated carbocycles.